The Balaban J connectivity index is 0.000000980. The second-order valence-corrected chi connectivity index (χ2v) is 3.37. The first-order valence-electron chi connectivity index (χ1n) is 3.55. The highest BCUT2D eigenvalue weighted by molar-refractivity contribution is 9.10. The number of carbonyl (C=O) groups is 1. The Hall–Kier alpha value is -0.880. The van der Waals surface area contributed by atoms with Crippen LogP contribution in [0.3, 0.4) is 0 Å². The number of nitrogens with zero attached hydrogens (tertiary/aromatic N) is 1. The molecule has 0 unspecified atom stereocenters. The van der Waals surface area contributed by atoms with Crippen LogP contribution in [0.25, 0.3) is 10.9 Å². The quantitative estimate of drug-likeness (QED) is 0.848. The van der Waals surface area contributed by atoms with Crippen molar-refractivity contribution in [3.63, 3.8) is 0 Å². The van der Waals surface area contributed by atoms with Crippen LogP contribution >= 0.6 is 32.9 Å². The SMILES string of the molecule is Br.O=C(O)c1ccc2c(Br)[nH]nc2c1. The molecule has 74 valence electrons. The van der Waals surface area contributed by atoms with Crippen molar-refractivity contribution in [2.75, 3.05) is 0 Å². The number of H-pyrrole nitrogens is 1. The van der Waals surface area contributed by atoms with E-state index in [9.17, 15) is 4.79 Å². The largest absolute Gasteiger partial charge is 0.478 e. The number of nitrogens with one attached hydrogen (secondary N) is 1. The molecule has 1 aromatic carbocycles. The maximum absolute atomic E-state index is 10.6. The number of aromatic nitrogens is 2. The number of rotatable bonds is 1. The first-order valence-corrected chi connectivity index (χ1v) is 4.34. The minimum Gasteiger partial charge on any atom is -0.478 e. The second kappa shape index (κ2) is 4.10. The fourth-order valence-electron chi connectivity index (χ4n) is 1.11. The smallest absolute Gasteiger partial charge is 0.335 e. The van der Waals surface area contributed by atoms with E-state index in [1.54, 1.807) is 12.1 Å². The zero-order chi connectivity index (χ0) is 9.42. The van der Waals surface area contributed by atoms with E-state index in [-0.39, 0.29) is 22.5 Å². The third-order valence-electron chi connectivity index (χ3n) is 1.76. The van der Waals surface area contributed by atoms with Crippen molar-refractivity contribution in [2.45, 2.75) is 0 Å². The van der Waals surface area contributed by atoms with E-state index in [2.05, 4.69) is 26.1 Å². The van der Waals surface area contributed by atoms with Crippen LogP contribution in [0.4, 0.5) is 0 Å². The van der Waals surface area contributed by atoms with E-state index in [0.29, 0.717) is 5.52 Å². The molecule has 0 saturated carbocycles. The minimum atomic E-state index is -0.943. The van der Waals surface area contributed by atoms with Gasteiger partial charge in [0.05, 0.1) is 11.1 Å². The van der Waals surface area contributed by atoms with Crippen LogP contribution in [0, 0.1) is 0 Å². The third kappa shape index (κ3) is 1.80. The summed E-state index contributed by atoms with van der Waals surface area (Å²) >= 11 is 3.26. The molecule has 0 aliphatic heterocycles. The third-order valence-corrected chi connectivity index (χ3v) is 2.36. The van der Waals surface area contributed by atoms with Gasteiger partial charge in [0.15, 0.2) is 0 Å². The highest BCUT2D eigenvalue weighted by Crippen LogP contribution is 2.21. The first kappa shape index (κ1) is 11.2. The Morgan fingerprint density at radius 1 is 1.50 bits per heavy atom. The lowest BCUT2D eigenvalue weighted by Crippen LogP contribution is -1.94. The van der Waals surface area contributed by atoms with Gasteiger partial charge in [0.2, 0.25) is 0 Å². The number of aromatic amines is 1. The Morgan fingerprint density at radius 2 is 2.21 bits per heavy atom. The van der Waals surface area contributed by atoms with E-state index in [1.807, 2.05) is 0 Å². The van der Waals surface area contributed by atoms with Gasteiger partial charge in [0, 0.05) is 5.39 Å². The number of halogens is 2. The lowest BCUT2D eigenvalue weighted by Gasteiger charge is -1.92. The molecule has 2 aromatic rings. The normalized spacial score (nSPS) is 9.79. The number of hydrogen-bond donors (Lipinski definition) is 2. The van der Waals surface area contributed by atoms with Gasteiger partial charge in [-0.3, -0.25) is 5.10 Å². The standard InChI is InChI=1S/C8H5BrN2O2.BrH/c9-7-5-2-1-4(8(12)13)3-6(5)10-11-7;/h1-3H,(H,10,11)(H,12,13);1H. The molecule has 0 saturated heterocycles. The van der Waals surface area contributed by atoms with Crippen LogP contribution in [0.5, 0.6) is 0 Å². The lowest BCUT2D eigenvalue weighted by molar-refractivity contribution is 0.0697. The van der Waals surface area contributed by atoms with Gasteiger partial charge in [-0.15, -0.1) is 17.0 Å². The van der Waals surface area contributed by atoms with Crippen molar-refractivity contribution >= 4 is 49.8 Å². The number of benzene rings is 1. The van der Waals surface area contributed by atoms with Gasteiger partial charge in [-0.2, -0.15) is 5.10 Å². The van der Waals surface area contributed by atoms with E-state index in [0.717, 1.165) is 9.99 Å². The van der Waals surface area contributed by atoms with Gasteiger partial charge in [0.25, 0.3) is 0 Å². The number of hydrogen-bond acceptors (Lipinski definition) is 2. The lowest BCUT2D eigenvalue weighted by atomic mass is 10.2. The second-order valence-electron chi connectivity index (χ2n) is 2.57. The van der Waals surface area contributed by atoms with Gasteiger partial charge in [-0.25, -0.2) is 4.79 Å². The van der Waals surface area contributed by atoms with Crippen molar-refractivity contribution in [1.82, 2.24) is 10.2 Å². The summed E-state index contributed by atoms with van der Waals surface area (Å²) in [6.07, 6.45) is 0. The Morgan fingerprint density at radius 3 is 2.86 bits per heavy atom. The zero-order valence-electron chi connectivity index (χ0n) is 6.82. The summed E-state index contributed by atoms with van der Waals surface area (Å²) in [5.74, 6) is -0.943. The molecule has 4 nitrogen and oxygen atoms in total. The van der Waals surface area contributed by atoms with Crippen molar-refractivity contribution in [3.05, 3.63) is 28.4 Å². The molecule has 0 radical (unpaired) electrons. The molecular formula is C8H6Br2N2O2. The van der Waals surface area contributed by atoms with Crippen molar-refractivity contribution < 1.29 is 9.90 Å². The first-order chi connectivity index (χ1) is 6.18. The molecule has 0 atom stereocenters. The predicted molar refractivity (Wildman–Crippen MR) is 61.1 cm³/mol. The van der Waals surface area contributed by atoms with Crippen LogP contribution in [0.2, 0.25) is 0 Å². The van der Waals surface area contributed by atoms with Gasteiger partial charge in [-0.05, 0) is 34.1 Å². The Labute approximate surface area is 98.2 Å². The molecule has 0 fully saturated rings. The molecule has 2 rings (SSSR count). The average Bonchev–Trinajstić information content (AvgIpc) is 2.47. The average molecular weight is 322 g/mol. The highest BCUT2D eigenvalue weighted by atomic mass is 79.9. The van der Waals surface area contributed by atoms with E-state index in [1.165, 1.54) is 6.07 Å². The van der Waals surface area contributed by atoms with E-state index in [4.69, 9.17) is 5.11 Å². The van der Waals surface area contributed by atoms with Crippen molar-refractivity contribution in [3.8, 4) is 0 Å². The van der Waals surface area contributed by atoms with Gasteiger partial charge < -0.3 is 5.11 Å². The molecule has 0 bridgehead atoms. The van der Waals surface area contributed by atoms with E-state index >= 15 is 0 Å². The molecular weight excluding hydrogens is 316 g/mol. The number of carboxylic acid groups (broad SMARTS) is 1. The number of carboxylic acids is 1. The Kier molecular flexibility index (Phi) is 3.28. The minimum absolute atomic E-state index is 0. The summed E-state index contributed by atoms with van der Waals surface area (Å²) < 4.78 is 0.763. The molecule has 1 aromatic heterocycles. The highest BCUT2D eigenvalue weighted by Gasteiger charge is 2.06. The topological polar surface area (TPSA) is 66.0 Å². The fraction of sp³-hybridized carbons (Fsp3) is 0. The molecule has 0 aliphatic rings. The van der Waals surface area contributed by atoms with Gasteiger partial charge in [0.1, 0.15) is 4.60 Å². The molecule has 2 N–H and O–H groups in total. The monoisotopic (exact) mass is 320 g/mol. The molecule has 6 heteroatoms. The van der Waals surface area contributed by atoms with Crippen LogP contribution < -0.4 is 0 Å². The fourth-order valence-corrected chi connectivity index (χ4v) is 1.54. The molecule has 14 heavy (non-hydrogen) atoms. The van der Waals surface area contributed by atoms with Crippen LogP contribution in [0.1, 0.15) is 10.4 Å². The summed E-state index contributed by atoms with van der Waals surface area (Å²) in [6.45, 7) is 0. The molecule has 1 heterocycles. The van der Waals surface area contributed by atoms with Crippen molar-refractivity contribution in [2.24, 2.45) is 0 Å². The number of fused-ring (bicyclic) bond motifs is 1. The van der Waals surface area contributed by atoms with Crippen LogP contribution in [0.15, 0.2) is 22.8 Å². The summed E-state index contributed by atoms with van der Waals surface area (Å²) in [4.78, 5) is 10.6. The molecule has 0 amide bonds. The van der Waals surface area contributed by atoms with Gasteiger partial charge >= 0.3 is 5.97 Å². The van der Waals surface area contributed by atoms with Gasteiger partial charge in [-0.1, -0.05) is 0 Å². The summed E-state index contributed by atoms with van der Waals surface area (Å²) in [7, 11) is 0. The summed E-state index contributed by atoms with van der Waals surface area (Å²) in [5, 5.41) is 16.2. The summed E-state index contributed by atoms with van der Waals surface area (Å²) in [6, 6.07) is 4.79. The van der Waals surface area contributed by atoms with Crippen molar-refractivity contribution in [1.29, 1.82) is 0 Å². The van der Waals surface area contributed by atoms with E-state index < -0.39 is 5.97 Å². The summed E-state index contributed by atoms with van der Waals surface area (Å²) in [5.41, 5.74) is 0.887. The number of aromatic carboxylic acids is 1. The Bertz CT molecular complexity index is 481. The zero-order valence-corrected chi connectivity index (χ0v) is 10.1. The maximum Gasteiger partial charge on any atom is 0.335 e. The molecule has 0 aliphatic carbocycles. The predicted octanol–water partition coefficient (Wildman–Crippen LogP) is 2.60. The van der Waals surface area contributed by atoms with Crippen LogP contribution in [-0.2, 0) is 0 Å². The molecule has 0 spiro atoms. The van der Waals surface area contributed by atoms with Crippen LogP contribution in [-0.4, -0.2) is 21.3 Å². The maximum atomic E-state index is 10.6.